The molecule has 0 aromatic heterocycles. The summed E-state index contributed by atoms with van der Waals surface area (Å²) < 4.78 is 4.81. The van der Waals surface area contributed by atoms with E-state index in [4.69, 9.17) is 11.2 Å². The number of hydrogen-bond acceptors (Lipinski definition) is 2. The van der Waals surface area contributed by atoms with Crippen molar-refractivity contribution in [2.45, 2.75) is 45.6 Å². The maximum atomic E-state index is 10.5. The molecule has 0 bridgehead atoms. The first kappa shape index (κ1) is 15.1. The maximum Gasteiger partial charge on any atom is 1.00 e. The van der Waals surface area contributed by atoms with E-state index < -0.39 is 6.10 Å². The van der Waals surface area contributed by atoms with Gasteiger partial charge in [-0.15, -0.1) is 0 Å². The molecule has 0 saturated carbocycles. The Morgan fingerprint density at radius 3 is 2.54 bits per heavy atom. The minimum Gasteiger partial charge on any atom is -0.690 e. The molecule has 1 unspecified atom stereocenters. The first-order chi connectivity index (χ1) is 5.70. The first-order valence-electron chi connectivity index (χ1n) is 4.30. The van der Waals surface area contributed by atoms with Gasteiger partial charge in [0.2, 0.25) is 0 Å². The SMILES string of the molecule is [C-]#CC(CCCCC)OC(C)=O.[Li+]. The summed E-state index contributed by atoms with van der Waals surface area (Å²) in [6, 6.07) is 0. The van der Waals surface area contributed by atoms with E-state index in [0.29, 0.717) is 0 Å². The molecule has 0 aliphatic rings. The molecule has 0 rings (SSSR count). The Balaban J connectivity index is 0. The number of hydrogen-bond donors (Lipinski definition) is 0. The second-order valence-electron chi connectivity index (χ2n) is 2.74. The van der Waals surface area contributed by atoms with Gasteiger partial charge in [-0.3, -0.25) is 4.79 Å². The normalized spacial score (nSPS) is 10.8. The number of ether oxygens (including phenoxy) is 1. The largest absolute Gasteiger partial charge is 1.00 e. The number of esters is 1. The van der Waals surface area contributed by atoms with Crippen molar-refractivity contribution in [3.63, 3.8) is 0 Å². The third kappa shape index (κ3) is 9.54. The first-order valence-corrected chi connectivity index (χ1v) is 4.30. The Labute approximate surface area is 92.6 Å². The molecule has 0 N–H and O–H groups in total. The zero-order valence-electron chi connectivity index (χ0n) is 8.72. The summed E-state index contributed by atoms with van der Waals surface area (Å²) >= 11 is 0. The molecule has 1 atom stereocenters. The zero-order valence-corrected chi connectivity index (χ0v) is 8.72. The van der Waals surface area contributed by atoms with E-state index in [2.05, 4.69) is 12.8 Å². The maximum absolute atomic E-state index is 10.5. The monoisotopic (exact) mass is 174 g/mol. The van der Waals surface area contributed by atoms with Crippen LogP contribution in [-0.2, 0) is 9.53 Å². The van der Waals surface area contributed by atoms with Crippen LogP contribution in [0.3, 0.4) is 0 Å². The molecule has 0 amide bonds. The van der Waals surface area contributed by atoms with Gasteiger partial charge in [0.25, 0.3) is 0 Å². The summed E-state index contributed by atoms with van der Waals surface area (Å²) in [6.45, 7) is 3.46. The third-order valence-corrected chi connectivity index (χ3v) is 1.54. The van der Waals surface area contributed by atoms with Gasteiger partial charge < -0.3 is 17.1 Å². The van der Waals surface area contributed by atoms with Crippen LogP contribution in [0, 0.1) is 12.3 Å². The van der Waals surface area contributed by atoms with Gasteiger partial charge in [-0.05, 0) is 12.8 Å². The van der Waals surface area contributed by atoms with E-state index in [1.165, 1.54) is 6.92 Å². The molecule has 3 heteroatoms. The van der Waals surface area contributed by atoms with E-state index in [0.717, 1.165) is 25.7 Å². The predicted octanol–water partition coefficient (Wildman–Crippen LogP) is -0.908. The fraction of sp³-hybridized carbons (Fsp3) is 0.700. The summed E-state index contributed by atoms with van der Waals surface area (Å²) in [5.74, 6) is 1.86. The van der Waals surface area contributed by atoms with Crippen LogP contribution in [0.4, 0.5) is 0 Å². The van der Waals surface area contributed by atoms with Crippen molar-refractivity contribution in [2.75, 3.05) is 0 Å². The van der Waals surface area contributed by atoms with E-state index in [-0.39, 0.29) is 24.8 Å². The van der Waals surface area contributed by atoms with Crippen molar-refractivity contribution in [2.24, 2.45) is 0 Å². The van der Waals surface area contributed by atoms with Crippen LogP contribution < -0.4 is 18.9 Å². The second-order valence-corrected chi connectivity index (χ2v) is 2.74. The van der Waals surface area contributed by atoms with E-state index in [1.807, 2.05) is 0 Å². The van der Waals surface area contributed by atoms with Gasteiger partial charge in [0.15, 0.2) is 0 Å². The van der Waals surface area contributed by atoms with Gasteiger partial charge in [-0.2, -0.15) is 0 Å². The summed E-state index contributed by atoms with van der Waals surface area (Å²) in [5, 5.41) is 0. The van der Waals surface area contributed by atoms with Crippen molar-refractivity contribution < 1.29 is 28.4 Å². The number of unbranched alkanes of at least 4 members (excludes halogenated alkanes) is 2. The Morgan fingerprint density at radius 1 is 1.54 bits per heavy atom. The molecule has 0 saturated heterocycles. The number of carbonyl (C=O) groups is 1. The van der Waals surface area contributed by atoms with Crippen molar-refractivity contribution in [3.8, 4) is 5.92 Å². The summed E-state index contributed by atoms with van der Waals surface area (Å²) in [5.41, 5.74) is 0. The van der Waals surface area contributed by atoms with Crippen LogP contribution in [0.25, 0.3) is 0 Å². The van der Waals surface area contributed by atoms with Crippen LogP contribution in [0.2, 0.25) is 0 Å². The smallest absolute Gasteiger partial charge is 0.690 e. The summed E-state index contributed by atoms with van der Waals surface area (Å²) in [4.78, 5) is 10.5. The fourth-order valence-corrected chi connectivity index (χ4v) is 0.941. The van der Waals surface area contributed by atoms with Crippen molar-refractivity contribution in [1.29, 1.82) is 0 Å². The molecule has 0 heterocycles. The van der Waals surface area contributed by atoms with E-state index in [9.17, 15) is 4.79 Å². The molecular weight excluding hydrogens is 159 g/mol. The Bertz CT molecular complexity index is 172. The molecular formula is C10H15LiO2. The van der Waals surface area contributed by atoms with E-state index in [1.54, 1.807) is 0 Å². The Hall–Kier alpha value is -0.373. The van der Waals surface area contributed by atoms with Gasteiger partial charge >= 0.3 is 24.8 Å². The Kier molecular flexibility index (Phi) is 11.3. The molecule has 0 aliphatic carbocycles. The quantitative estimate of drug-likeness (QED) is 0.177. The number of carbonyl (C=O) groups excluding carboxylic acids is 1. The van der Waals surface area contributed by atoms with Crippen LogP contribution in [0.15, 0.2) is 0 Å². The fourth-order valence-electron chi connectivity index (χ4n) is 0.941. The minimum atomic E-state index is -0.436. The van der Waals surface area contributed by atoms with Crippen LogP contribution >= 0.6 is 0 Å². The summed E-state index contributed by atoms with van der Waals surface area (Å²) in [7, 11) is 0. The topological polar surface area (TPSA) is 26.3 Å². The van der Waals surface area contributed by atoms with E-state index >= 15 is 0 Å². The predicted molar refractivity (Wildman–Crippen MR) is 46.8 cm³/mol. The average molecular weight is 174 g/mol. The van der Waals surface area contributed by atoms with Crippen molar-refractivity contribution in [3.05, 3.63) is 6.42 Å². The van der Waals surface area contributed by atoms with Crippen molar-refractivity contribution >= 4 is 5.97 Å². The molecule has 0 radical (unpaired) electrons. The molecule has 0 aliphatic heterocycles. The van der Waals surface area contributed by atoms with Gasteiger partial charge in [0.1, 0.15) is 6.10 Å². The summed E-state index contributed by atoms with van der Waals surface area (Å²) in [6.07, 6.45) is 10.4. The standard InChI is InChI=1S/C10H15O2.Li/c1-4-6-7-8-10(5-2)12-9(3)11;/h10H,4,6-8H2,1,3H3;/q-1;+1. The van der Waals surface area contributed by atoms with Crippen LogP contribution in [0.1, 0.15) is 39.5 Å². The van der Waals surface area contributed by atoms with Gasteiger partial charge in [0.05, 0.1) is 0 Å². The van der Waals surface area contributed by atoms with Crippen LogP contribution in [-0.4, -0.2) is 12.1 Å². The van der Waals surface area contributed by atoms with Gasteiger partial charge in [-0.1, -0.05) is 19.8 Å². The molecule has 0 aromatic rings. The molecule has 0 aromatic carbocycles. The second kappa shape index (κ2) is 9.71. The zero-order chi connectivity index (χ0) is 9.40. The molecule has 0 fully saturated rings. The molecule has 0 spiro atoms. The molecule has 13 heavy (non-hydrogen) atoms. The van der Waals surface area contributed by atoms with Crippen molar-refractivity contribution in [1.82, 2.24) is 0 Å². The Morgan fingerprint density at radius 2 is 2.15 bits per heavy atom. The molecule has 68 valence electrons. The minimum absolute atomic E-state index is 0. The van der Waals surface area contributed by atoms with Gasteiger partial charge in [-0.25, -0.2) is 0 Å². The number of rotatable bonds is 5. The van der Waals surface area contributed by atoms with Gasteiger partial charge in [0, 0.05) is 6.92 Å². The molecule has 2 nitrogen and oxygen atoms in total. The van der Waals surface area contributed by atoms with Crippen LogP contribution in [0.5, 0.6) is 0 Å². The average Bonchev–Trinajstić information content (AvgIpc) is 2.02. The third-order valence-electron chi connectivity index (χ3n) is 1.54.